The number of rotatable bonds is 5. The van der Waals surface area contributed by atoms with Gasteiger partial charge in [0.15, 0.2) is 0 Å². The smallest absolute Gasteiger partial charge is 0.270 e. The number of aryl methyl sites for hydroxylation is 1. The van der Waals surface area contributed by atoms with E-state index >= 15 is 0 Å². The van der Waals surface area contributed by atoms with Gasteiger partial charge in [0.25, 0.3) is 11.6 Å². The van der Waals surface area contributed by atoms with Crippen LogP contribution in [0.5, 0.6) is 0 Å². The van der Waals surface area contributed by atoms with Crippen LogP contribution in [0.25, 0.3) is 0 Å². The molecule has 0 heterocycles. The maximum Gasteiger partial charge on any atom is 0.270 e. The second-order valence-electron chi connectivity index (χ2n) is 5.42. The van der Waals surface area contributed by atoms with Gasteiger partial charge in [0.1, 0.15) is 5.82 Å². The van der Waals surface area contributed by atoms with Crippen LogP contribution in [-0.2, 0) is 0 Å². The molecule has 1 aliphatic carbocycles. The van der Waals surface area contributed by atoms with Gasteiger partial charge in [0.05, 0.1) is 10.5 Å². The highest BCUT2D eigenvalue weighted by atomic mass is 19.1. The van der Waals surface area contributed by atoms with Crippen molar-refractivity contribution in [1.82, 2.24) is 5.32 Å². The second kappa shape index (κ2) is 5.19. The number of carbonyl (C=O) groups excluding carboxylic acids is 1. The van der Waals surface area contributed by atoms with Crippen LogP contribution in [-0.4, -0.2) is 17.4 Å². The van der Waals surface area contributed by atoms with Crippen LogP contribution in [0.2, 0.25) is 0 Å². The van der Waals surface area contributed by atoms with Crippen LogP contribution in [0.15, 0.2) is 12.1 Å². The Morgan fingerprint density at radius 3 is 2.65 bits per heavy atom. The van der Waals surface area contributed by atoms with E-state index in [2.05, 4.69) is 12.2 Å². The molecular weight excluding hydrogens is 263 g/mol. The van der Waals surface area contributed by atoms with Crippen molar-refractivity contribution >= 4 is 11.6 Å². The Morgan fingerprint density at radius 2 is 2.15 bits per heavy atom. The van der Waals surface area contributed by atoms with E-state index in [-0.39, 0.29) is 22.2 Å². The summed E-state index contributed by atoms with van der Waals surface area (Å²) in [6.45, 7) is 3.95. The van der Waals surface area contributed by atoms with Crippen LogP contribution < -0.4 is 5.32 Å². The lowest BCUT2D eigenvalue weighted by Gasteiger charge is -2.14. The number of nitrogens with one attached hydrogen (secondary N) is 1. The third-order valence-corrected chi connectivity index (χ3v) is 4.03. The predicted molar refractivity (Wildman–Crippen MR) is 72.1 cm³/mol. The van der Waals surface area contributed by atoms with Crippen LogP contribution >= 0.6 is 0 Å². The highest BCUT2D eigenvalue weighted by Gasteiger charge is 2.40. The molecule has 2 rings (SSSR count). The Kier molecular flexibility index (Phi) is 3.74. The zero-order valence-corrected chi connectivity index (χ0v) is 11.5. The summed E-state index contributed by atoms with van der Waals surface area (Å²) in [7, 11) is 0. The first kappa shape index (κ1) is 14.4. The van der Waals surface area contributed by atoms with Gasteiger partial charge in [-0.3, -0.25) is 14.9 Å². The minimum atomic E-state index is -0.700. The van der Waals surface area contributed by atoms with Gasteiger partial charge in [-0.1, -0.05) is 6.92 Å². The molecule has 0 aromatic heterocycles. The summed E-state index contributed by atoms with van der Waals surface area (Å²) in [5.41, 5.74) is -0.294. The first-order chi connectivity index (χ1) is 9.38. The lowest BCUT2D eigenvalue weighted by molar-refractivity contribution is -0.385. The first-order valence-electron chi connectivity index (χ1n) is 6.61. The van der Waals surface area contributed by atoms with E-state index < -0.39 is 16.6 Å². The first-order valence-corrected chi connectivity index (χ1v) is 6.61. The topological polar surface area (TPSA) is 72.2 Å². The summed E-state index contributed by atoms with van der Waals surface area (Å²) in [6.07, 6.45) is 3.07. The maximum absolute atomic E-state index is 13.9. The van der Waals surface area contributed by atoms with Gasteiger partial charge in [-0.05, 0) is 37.2 Å². The Bertz CT molecular complexity index is 568. The monoisotopic (exact) mass is 280 g/mol. The highest BCUT2D eigenvalue weighted by Crippen LogP contribution is 2.47. The molecular formula is C14H17FN2O3. The fraction of sp³-hybridized carbons (Fsp3) is 0.500. The molecule has 1 aromatic carbocycles. The van der Waals surface area contributed by atoms with Crippen molar-refractivity contribution in [1.29, 1.82) is 0 Å². The molecule has 0 bridgehead atoms. The van der Waals surface area contributed by atoms with Crippen molar-refractivity contribution in [2.75, 3.05) is 6.54 Å². The van der Waals surface area contributed by atoms with E-state index in [0.717, 1.165) is 31.4 Å². The Balaban J connectivity index is 2.18. The molecule has 0 radical (unpaired) electrons. The summed E-state index contributed by atoms with van der Waals surface area (Å²) in [5.74, 6) is -1.29. The van der Waals surface area contributed by atoms with Crippen molar-refractivity contribution in [3.8, 4) is 0 Å². The third-order valence-electron chi connectivity index (χ3n) is 4.03. The Morgan fingerprint density at radius 1 is 1.50 bits per heavy atom. The summed E-state index contributed by atoms with van der Waals surface area (Å²) in [5, 5.41) is 13.4. The Labute approximate surface area is 116 Å². The number of carbonyl (C=O) groups is 1. The largest absolute Gasteiger partial charge is 0.351 e. The van der Waals surface area contributed by atoms with Crippen molar-refractivity contribution < 1.29 is 14.1 Å². The fourth-order valence-electron chi connectivity index (χ4n) is 2.22. The number of nitrogens with zero attached hydrogens (tertiary/aromatic N) is 1. The summed E-state index contributed by atoms with van der Waals surface area (Å²) < 4.78 is 13.9. The minimum Gasteiger partial charge on any atom is -0.351 e. The van der Waals surface area contributed by atoms with E-state index in [1.165, 1.54) is 6.92 Å². The summed E-state index contributed by atoms with van der Waals surface area (Å²) in [6, 6.07) is 2.11. The normalized spacial score (nSPS) is 15.8. The molecule has 0 aliphatic heterocycles. The number of hydrogen-bond acceptors (Lipinski definition) is 3. The third kappa shape index (κ3) is 2.79. The van der Waals surface area contributed by atoms with Gasteiger partial charge in [-0.15, -0.1) is 0 Å². The molecule has 20 heavy (non-hydrogen) atoms. The zero-order valence-electron chi connectivity index (χ0n) is 11.5. The molecule has 1 aromatic rings. The number of non-ortho nitro benzene ring substituents is 1. The lowest BCUT2D eigenvalue weighted by Crippen LogP contribution is -2.30. The van der Waals surface area contributed by atoms with Gasteiger partial charge < -0.3 is 5.32 Å². The van der Waals surface area contributed by atoms with Gasteiger partial charge in [-0.2, -0.15) is 0 Å². The molecule has 0 saturated heterocycles. The lowest BCUT2D eigenvalue weighted by atomic mass is 10.0. The molecule has 1 N–H and O–H groups in total. The van der Waals surface area contributed by atoms with Crippen LogP contribution in [0.3, 0.4) is 0 Å². The van der Waals surface area contributed by atoms with Gasteiger partial charge >= 0.3 is 0 Å². The highest BCUT2D eigenvalue weighted by molar-refractivity contribution is 5.95. The molecule has 1 saturated carbocycles. The van der Waals surface area contributed by atoms with E-state index in [4.69, 9.17) is 0 Å². The second-order valence-corrected chi connectivity index (χ2v) is 5.42. The van der Waals surface area contributed by atoms with Crippen molar-refractivity contribution in [3.63, 3.8) is 0 Å². The number of nitro benzene ring substituents is 1. The standard InChI is InChI=1S/C14H17FN2O3/c1-3-14(4-5-14)8-16-13(18)11-7-10(17(19)20)6-9(2)12(11)15/h6-7H,3-5,8H2,1-2H3,(H,16,18). The van der Waals surface area contributed by atoms with Crippen LogP contribution in [0.1, 0.15) is 42.1 Å². The van der Waals surface area contributed by atoms with E-state index in [0.29, 0.717) is 6.54 Å². The number of hydrogen-bond donors (Lipinski definition) is 1. The van der Waals surface area contributed by atoms with Crippen LogP contribution in [0.4, 0.5) is 10.1 Å². The molecule has 5 nitrogen and oxygen atoms in total. The van der Waals surface area contributed by atoms with Gasteiger partial charge in [0, 0.05) is 18.7 Å². The average molecular weight is 280 g/mol. The SMILES string of the molecule is CCC1(CNC(=O)c2cc([N+](=O)[O-])cc(C)c2F)CC1. The summed E-state index contributed by atoms with van der Waals surface area (Å²) >= 11 is 0. The molecule has 0 atom stereocenters. The number of amides is 1. The van der Waals surface area contributed by atoms with E-state index in [1.54, 1.807) is 0 Å². The minimum absolute atomic E-state index is 0.0981. The maximum atomic E-state index is 13.9. The van der Waals surface area contributed by atoms with Gasteiger partial charge in [-0.25, -0.2) is 4.39 Å². The van der Waals surface area contributed by atoms with Crippen molar-refractivity contribution in [2.24, 2.45) is 5.41 Å². The van der Waals surface area contributed by atoms with E-state index in [9.17, 15) is 19.3 Å². The molecule has 1 fully saturated rings. The average Bonchev–Trinajstić information content (AvgIpc) is 3.19. The number of nitro groups is 1. The van der Waals surface area contributed by atoms with Crippen LogP contribution in [0, 0.1) is 28.3 Å². The molecule has 108 valence electrons. The van der Waals surface area contributed by atoms with Crippen molar-refractivity contribution in [3.05, 3.63) is 39.2 Å². The van der Waals surface area contributed by atoms with E-state index in [1.807, 2.05) is 0 Å². The Hall–Kier alpha value is -1.98. The van der Waals surface area contributed by atoms with Gasteiger partial charge in [0.2, 0.25) is 0 Å². The molecule has 1 amide bonds. The zero-order chi connectivity index (χ0) is 14.9. The molecule has 0 spiro atoms. The molecule has 6 heteroatoms. The number of benzene rings is 1. The molecule has 0 unspecified atom stereocenters. The molecule has 1 aliphatic rings. The predicted octanol–water partition coefficient (Wildman–Crippen LogP) is 2.96. The summed E-state index contributed by atoms with van der Waals surface area (Å²) in [4.78, 5) is 22.1. The van der Waals surface area contributed by atoms with Crippen molar-refractivity contribution in [2.45, 2.75) is 33.1 Å². The number of halogens is 1. The fourth-order valence-corrected chi connectivity index (χ4v) is 2.22. The quantitative estimate of drug-likeness (QED) is 0.665.